The number of nitrogens with one attached hydrogen (secondary N) is 1. The highest BCUT2D eigenvalue weighted by Crippen LogP contribution is 2.26. The Balaban J connectivity index is 1.54. The van der Waals surface area contributed by atoms with E-state index in [1.165, 1.54) is 30.6 Å². The average molecular weight is 341 g/mol. The van der Waals surface area contributed by atoms with Crippen LogP contribution in [-0.4, -0.2) is 33.8 Å². The van der Waals surface area contributed by atoms with Crippen LogP contribution < -0.4 is 10.2 Å². The Labute approximate surface area is 144 Å². The van der Waals surface area contributed by atoms with Gasteiger partial charge in [-0.2, -0.15) is 5.10 Å². The Hall–Kier alpha value is -2.41. The van der Waals surface area contributed by atoms with Crippen molar-refractivity contribution in [2.75, 3.05) is 23.3 Å². The molecule has 6 nitrogen and oxygen atoms in total. The first-order chi connectivity index (χ1) is 11.7. The molecule has 0 saturated carbocycles. The van der Waals surface area contributed by atoms with Crippen molar-refractivity contribution >= 4 is 39.1 Å². The van der Waals surface area contributed by atoms with Crippen LogP contribution in [0.5, 0.6) is 0 Å². The molecule has 1 aliphatic rings. The predicted molar refractivity (Wildman–Crippen MR) is 96.8 cm³/mol. The van der Waals surface area contributed by atoms with Gasteiger partial charge in [-0.15, -0.1) is 11.3 Å². The average Bonchev–Trinajstić information content (AvgIpc) is 3.22. The molecule has 0 radical (unpaired) electrons. The fourth-order valence-corrected chi connectivity index (χ4v) is 3.94. The molecule has 1 amide bonds. The minimum absolute atomic E-state index is 0.210. The number of aromatic nitrogens is 3. The highest BCUT2D eigenvalue weighted by Gasteiger charge is 2.18. The molecule has 1 fully saturated rings. The maximum atomic E-state index is 12.5. The quantitative estimate of drug-likeness (QED) is 0.794. The van der Waals surface area contributed by atoms with E-state index in [9.17, 15) is 4.79 Å². The number of thiazole rings is 1. The van der Waals surface area contributed by atoms with Crippen molar-refractivity contribution in [2.24, 2.45) is 7.05 Å². The summed E-state index contributed by atoms with van der Waals surface area (Å²) in [5.41, 5.74) is 1.44. The second-order valence-electron chi connectivity index (χ2n) is 6.01. The van der Waals surface area contributed by atoms with Crippen molar-refractivity contribution in [3.8, 4) is 0 Å². The Morgan fingerprint density at radius 3 is 2.83 bits per heavy atom. The van der Waals surface area contributed by atoms with Crippen molar-refractivity contribution < 1.29 is 4.79 Å². The zero-order valence-corrected chi connectivity index (χ0v) is 14.3. The summed E-state index contributed by atoms with van der Waals surface area (Å²) < 4.78 is 1.77. The molecular formula is C17H19N5OS. The van der Waals surface area contributed by atoms with Gasteiger partial charge >= 0.3 is 0 Å². The lowest BCUT2D eigenvalue weighted by atomic mass is 10.1. The summed E-state index contributed by atoms with van der Waals surface area (Å²) in [5.74, 6) is 0.365. The van der Waals surface area contributed by atoms with Crippen molar-refractivity contribution in [1.29, 1.82) is 0 Å². The van der Waals surface area contributed by atoms with Gasteiger partial charge in [-0.25, -0.2) is 4.98 Å². The summed E-state index contributed by atoms with van der Waals surface area (Å²) in [6.45, 7) is 2.05. The van der Waals surface area contributed by atoms with Crippen LogP contribution in [0.3, 0.4) is 0 Å². The molecule has 1 N–H and O–H groups in total. The second-order valence-corrected chi connectivity index (χ2v) is 6.84. The van der Waals surface area contributed by atoms with Gasteiger partial charge in [0.15, 0.2) is 10.9 Å². The van der Waals surface area contributed by atoms with Gasteiger partial charge in [0, 0.05) is 30.9 Å². The summed E-state index contributed by atoms with van der Waals surface area (Å²) in [6.07, 6.45) is 3.67. The van der Waals surface area contributed by atoms with Gasteiger partial charge < -0.3 is 10.2 Å². The summed E-state index contributed by atoms with van der Waals surface area (Å²) in [7, 11) is 1.87. The topological polar surface area (TPSA) is 63.1 Å². The van der Waals surface area contributed by atoms with Gasteiger partial charge in [0.05, 0.1) is 5.52 Å². The molecule has 3 heterocycles. The third-order valence-corrected chi connectivity index (χ3v) is 5.24. The normalized spacial score (nSPS) is 15.0. The Morgan fingerprint density at radius 1 is 1.21 bits per heavy atom. The van der Waals surface area contributed by atoms with E-state index in [1.54, 1.807) is 4.68 Å². The second kappa shape index (κ2) is 6.24. The van der Waals surface area contributed by atoms with Crippen LogP contribution >= 0.6 is 11.3 Å². The molecule has 7 heteroatoms. The number of nitrogens with zero attached hydrogens (tertiary/aromatic N) is 4. The molecule has 0 atom stereocenters. The highest BCUT2D eigenvalue weighted by atomic mass is 32.1. The van der Waals surface area contributed by atoms with Gasteiger partial charge in [0.2, 0.25) is 0 Å². The maximum absolute atomic E-state index is 12.5. The van der Waals surface area contributed by atoms with E-state index in [4.69, 9.17) is 0 Å². The molecule has 1 saturated heterocycles. The fourth-order valence-electron chi connectivity index (χ4n) is 3.08. The smallest absolute Gasteiger partial charge is 0.276 e. The number of fused-ring (bicyclic) bond motifs is 1. The zero-order chi connectivity index (χ0) is 16.5. The first kappa shape index (κ1) is 15.1. The zero-order valence-electron chi connectivity index (χ0n) is 13.5. The van der Waals surface area contributed by atoms with Crippen molar-refractivity contribution in [3.05, 3.63) is 35.3 Å². The minimum Gasteiger partial charge on any atom is -0.348 e. The molecular weight excluding hydrogens is 322 g/mol. The van der Waals surface area contributed by atoms with E-state index < -0.39 is 0 Å². The number of benzene rings is 1. The lowest BCUT2D eigenvalue weighted by molar-refractivity contribution is 0.102. The molecule has 2 aromatic heterocycles. The van der Waals surface area contributed by atoms with Gasteiger partial charge in [-0.1, -0.05) is 12.1 Å². The largest absolute Gasteiger partial charge is 0.348 e. The fraction of sp³-hybridized carbons (Fsp3) is 0.353. The van der Waals surface area contributed by atoms with E-state index in [2.05, 4.69) is 20.3 Å². The first-order valence-corrected chi connectivity index (χ1v) is 9.04. The van der Waals surface area contributed by atoms with Crippen molar-refractivity contribution in [1.82, 2.24) is 14.8 Å². The molecule has 0 bridgehead atoms. The van der Waals surface area contributed by atoms with Crippen LogP contribution in [0.15, 0.2) is 29.6 Å². The van der Waals surface area contributed by atoms with Gasteiger partial charge in [-0.3, -0.25) is 9.48 Å². The first-order valence-electron chi connectivity index (χ1n) is 8.16. The predicted octanol–water partition coefficient (Wildman–Crippen LogP) is 3.27. The van der Waals surface area contributed by atoms with E-state index in [1.807, 2.05) is 36.7 Å². The molecule has 1 aliphatic heterocycles. The summed E-state index contributed by atoms with van der Waals surface area (Å²) >= 11 is 1.53. The van der Waals surface area contributed by atoms with Gasteiger partial charge in [0.25, 0.3) is 5.91 Å². The summed E-state index contributed by atoms with van der Waals surface area (Å²) in [6, 6.07) is 7.84. The van der Waals surface area contributed by atoms with E-state index in [0.717, 1.165) is 29.1 Å². The Kier molecular flexibility index (Phi) is 3.93. The molecule has 124 valence electrons. The molecule has 3 aromatic rings. The third kappa shape index (κ3) is 2.75. The van der Waals surface area contributed by atoms with Crippen LogP contribution in [0, 0.1) is 0 Å². The number of para-hydroxylation sites is 1. The van der Waals surface area contributed by atoms with E-state index in [0.29, 0.717) is 11.5 Å². The van der Waals surface area contributed by atoms with Crippen LogP contribution in [0.25, 0.3) is 10.9 Å². The number of amides is 1. The van der Waals surface area contributed by atoms with Crippen molar-refractivity contribution in [2.45, 2.75) is 19.3 Å². The number of aryl methyl sites for hydroxylation is 1. The standard InChI is InChI=1S/C17H19N5OS/c1-21-14-8-4-3-7-12(14)15(20-21)19-16(23)13-11-24-17(18-13)22-9-5-2-6-10-22/h3-4,7-8,11H,2,5-6,9-10H2,1H3,(H,19,20,23). The Morgan fingerprint density at radius 2 is 2.00 bits per heavy atom. The SMILES string of the molecule is Cn1nc(NC(=O)c2csc(N3CCCCC3)n2)c2ccccc21. The summed E-state index contributed by atoms with van der Waals surface area (Å²) in [5, 5.41) is 11.0. The van der Waals surface area contributed by atoms with Crippen LogP contribution in [-0.2, 0) is 7.05 Å². The van der Waals surface area contributed by atoms with Gasteiger partial charge in [0.1, 0.15) is 5.69 Å². The van der Waals surface area contributed by atoms with Crippen LogP contribution in [0.4, 0.5) is 10.9 Å². The number of carbonyl (C=O) groups excluding carboxylic acids is 1. The number of carbonyl (C=O) groups is 1. The van der Waals surface area contributed by atoms with E-state index >= 15 is 0 Å². The van der Waals surface area contributed by atoms with Crippen LogP contribution in [0.1, 0.15) is 29.8 Å². The molecule has 0 unspecified atom stereocenters. The number of rotatable bonds is 3. The molecule has 4 rings (SSSR count). The number of hydrogen-bond acceptors (Lipinski definition) is 5. The minimum atomic E-state index is -0.210. The lowest BCUT2D eigenvalue weighted by Gasteiger charge is -2.25. The van der Waals surface area contributed by atoms with Crippen LogP contribution in [0.2, 0.25) is 0 Å². The maximum Gasteiger partial charge on any atom is 0.276 e. The molecule has 0 spiro atoms. The number of piperidine rings is 1. The highest BCUT2D eigenvalue weighted by molar-refractivity contribution is 7.14. The third-order valence-electron chi connectivity index (χ3n) is 4.34. The summed E-state index contributed by atoms with van der Waals surface area (Å²) in [4.78, 5) is 19.3. The van der Waals surface area contributed by atoms with E-state index in [-0.39, 0.29) is 5.91 Å². The number of anilines is 2. The number of hydrogen-bond donors (Lipinski definition) is 1. The molecule has 24 heavy (non-hydrogen) atoms. The Bertz CT molecular complexity index is 878. The van der Waals surface area contributed by atoms with Gasteiger partial charge in [-0.05, 0) is 31.4 Å². The molecule has 1 aromatic carbocycles. The lowest BCUT2D eigenvalue weighted by Crippen LogP contribution is -2.29. The monoisotopic (exact) mass is 341 g/mol. The van der Waals surface area contributed by atoms with Crippen molar-refractivity contribution in [3.63, 3.8) is 0 Å². The molecule has 0 aliphatic carbocycles.